The first-order chi connectivity index (χ1) is 10.5. The van der Waals surface area contributed by atoms with Gasteiger partial charge in [0.05, 0.1) is 10.4 Å². The van der Waals surface area contributed by atoms with E-state index in [4.69, 9.17) is 9.47 Å². The van der Waals surface area contributed by atoms with Gasteiger partial charge in [-0.15, -0.1) is 11.3 Å². The Balaban J connectivity index is 1.91. The first-order valence-electron chi connectivity index (χ1n) is 6.47. The van der Waals surface area contributed by atoms with Gasteiger partial charge in [0.15, 0.2) is 0 Å². The van der Waals surface area contributed by atoms with Gasteiger partial charge in [0.25, 0.3) is 0 Å². The van der Waals surface area contributed by atoms with E-state index in [1.807, 2.05) is 12.1 Å². The highest BCUT2D eigenvalue weighted by molar-refractivity contribution is 9.11. The van der Waals surface area contributed by atoms with Crippen molar-refractivity contribution in [2.24, 2.45) is 0 Å². The molecular formula is C14H16BrNO4S2. The predicted molar refractivity (Wildman–Crippen MR) is 89.9 cm³/mol. The molecule has 0 aliphatic rings. The zero-order valence-corrected chi connectivity index (χ0v) is 15.1. The highest BCUT2D eigenvalue weighted by atomic mass is 79.9. The number of hydrogen-bond acceptors (Lipinski definition) is 5. The van der Waals surface area contributed by atoms with Gasteiger partial charge in [-0.2, -0.15) is 0 Å². The van der Waals surface area contributed by atoms with Crippen molar-refractivity contribution < 1.29 is 17.9 Å². The summed E-state index contributed by atoms with van der Waals surface area (Å²) in [6.45, 7) is 1.24. The van der Waals surface area contributed by atoms with Gasteiger partial charge < -0.3 is 9.47 Å². The zero-order chi connectivity index (χ0) is 16.0. The molecule has 1 N–H and O–H groups in total. The van der Waals surface area contributed by atoms with E-state index in [1.54, 1.807) is 31.4 Å². The second-order valence-electron chi connectivity index (χ2n) is 4.37. The van der Waals surface area contributed by atoms with Gasteiger partial charge >= 0.3 is 0 Å². The average molecular weight is 406 g/mol. The lowest BCUT2D eigenvalue weighted by Crippen LogP contribution is -2.22. The number of sulfonamides is 1. The number of thiophene rings is 1. The second kappa shape index (κ2) is 8.07. The maximum atomic E-state index is 12.1. The molecule has 0 aliphatic heterocycles. The topological polar surface area (TPSA) is 64.6 Å². The van der Waals surface area contributed by atoms with Gasteiger partial charge in [0.2, 0.25) is 10.0 Å². The van der Waals surface area contributed by atoms with Gasteiger partial charge in [-0.3, -0.25) is 0 Å². The molecule has 1 aromatic carbocycles. The first kappa shape index (κ1) is 17.4. The molecule has 2 aromatic rings. The Morgan fingerprint density at radius 1 is 1.14 bits per heavy atom. The molecule has 1 heterocycles. The van der Waals surface area contributed by atoms with Crippen LogP contribution in [0.2, 0.25) is 0 Å². The van der Waals surface area contributed by atoms with Crippen LogP contribution in [0.3, 0.4) is 0 Å². The van der Waals surface area contributed by atoms with Crippen molar-refractivity contribution in [1.29, 1.82) is 0 Å². The van der Waals surface area contributed by atoms with Crippen LogP contribution in [0.1, 0.15) is 5.56 Å². The summed E-state index contributed by atoms with van der Waals surface area (Å²) in [4.78, 5) is 0. The molecule has 0 atom stereocenters. The van der Waals surface area contributed by atoms with Crippen molar-refractivity contribution in [3.05, 3.63) is 45.7 Å². The second-order valence-corrected chi connectivity index (χ2v) is 8.83. The summed E-state index contributed by atoms with van der Waals surface area (Å²) in [5.74, 6) is 0.728. The highest BCUT2D eigenvalue weighted by Gasteiger charge is 2.15. The zero-order valence-electron chi connectivity index (χ0n) is 11.9. The smallest absolute Gasteiger partial charge is 0.250 e. The normalized spacial score (nSPS) is 11.5. The molecule has 5 nitrogen and oxygen atoms in total. The third-order valence-corrected chi connectivity index (χ3v) is 6.28. The van der Waals surface area contributed by atoms with Crippen LogP contribution in [0.15, 0.2) is 44.4 Å². The Labute approximate surface area is 142 Å². The molecule has 8 heteroatoms. The Hall–Kier alpha value is -0.930. The largest absolute Gasteiger partial charge is 0.491 e. The highest BCUT2D eigenvalue weighted by Crippen LogP contribution is 2.26. The van der Waals surface area contributed by atoms with E-state index in [9.17, 15) is 8.42 Å². The van der Waals surface area contributed by atoms with Gasteiger partial charge in [-0.1, -0.05) is 12.1 Å². The lowest BCUT2D eigenvalue weighted by atomic mass is 10.2. The molecule has 0 aliphatic carbocycles. The molecule has 0 saturated heterocycles. The number of benzene rings is 1. The third kappa shape index (κ3) is 5.06. The molecule has 0 saturated carbocycles. The number of nitrogens with one attached hydrogen (secondary N) is 1. The fourth-order valence-corrected chi connectivity index (χ4v) is 4.71. The third-order valence-electron chi connectivity index (χ3n) is 2.76. The maximum absolute atomic E-state index is 12.1. The van der Waals surface area contributed by atoms with Crippen molar-refractivity contribution in [1.82, 2.24) is 4.72 Å². The SMILES string of the molecule is COCCOc1ccc(CNS(=O)(=O)c2ccc(Br)s2)cc1. The Bertz CT molecular complexity index is 698. The van der Waals surface area contributed by atoms with Gasteiger partial charge in [-0.05, 0) is 45.8 Å². The first-order valence-corrected chi connectivity index (χ1v) is 9.56. The van der Waals surface area contributed by atoms with E-state index >= 15 is 0 Å². The van der Waals surface area contributed by atoms with Crippen LogP contribution in [0, 0.1) is 0 Å². The molecular weight excluding hydrogens is 390 g/mol. The molecule has 0 unspecified atom stereocenters. The standard InChI is InChI=1S/C14H16BrNO4S2/c1-19-8-9-20-12-4-2-11(3-5-12)10-16-22(17,18)14-7-6-13(15)21-14/h2-7,16H,8-10H2,1H3. The summed E-state index contributed by atoms with van der Waals surface area (Å²) < 4.78 is 38.2. The Morgan fingerprint density at radius 3 is 2.45 bits per heavy atom. The molecule has 2 rings (SSSR count). The van der Waals surface area contributed by atoms with Crippen molar-refractivity contribution in [2.45, 2.75) is 10.8 Å². The molecule has 0 fully saturated rings. The van der Waals surface area contributed by atoms with Crippen LogP contribution in [-0.2, 0) is 21.3 Å². The number of methoxy groups -OCH3 is 1. The quantitative estimate of drug-likeness (QED) is 0.685. The van der Waals surface area contributed by atoms with Crippen molar-refractivity contribution in [3.8, 4) is 5.75 Å². The summed E-state index contributed by atoms with van der Waals surface area (Å²) >= 11 is 4.44. The molecule has 0 radical (unpaired) electrons. The van der Waals surface area contributed by atoms with E-state index in [1.165, 1.54) is 11.3 Å². The van der Waals surface area contributed by atoms with Crippen LogP contribution in [-0.4, -0.2) is 28.7 Å². The lowest BCUT2D eigenvalue weighted by Gasteiger charge is -2.07. The van der Waals surface area contributed by atoms with Crippen LogP contribution in [0.4, 0.5) is 0 Å². The van der Waals surface area contributed by atoms with Gasteiger partial charge in [-0.25, -0.2) is 13.1 Å². The Morgan fingerprint density at radius 2 is 1.86 bits per heavy atom. The summed E-state index contributed by atoms with van der Waals surface area (Å²) in [5, 5.41) is 0. The molecule has 0 amide bonds. The van der Waals surface area contributed by atoms with E-state index in [2.05, 4.69) is 20.7 Å². The van der Waals surface area contributed by atoms with Crippen LogP contribution >= 0.6 is 27.3 Å². The molecule has 1 aromatic heterocycles. The summed E-state index contributed by atoms with van der Waals surface area (Å²) in [5.41, 5.74) is 0.860. The van der Waals surface area contributed by atoms with E-state index in [0.717, 1.165) is 15.1 Å². The fraction of sp³-hybridized carbons (Fsp3) is 0.286. The Kier molecular flexibility index (Phi) is 6.39. The number of rotatable bonds is 8. The van der Waals surface area contributed by atoms with Crippen molar-refractivity contribution in [3.63, 3.8) is 0 Å². The minimum absolute atomic E-state index is 0.232. The summed E-state index contributed by atoms with van der Waals surface area (Å²) in [7, 11) is -1.86. The predicted octanol–water partition coefficient (Wildman–Crippen LogP) is 3.01. The summed E-state index contributed by atoms with van der Waals surface area (Å²) in [6.07, 6.45) is 0. The van der Waals surface area contributed by atoms with E-state index in [0.29, 0.717) is 17.4 Å². The van der Waals surface area contributed by atoms with Gasteiger partial charge in [0, 0.05) is 13.7 Å². The van der Waals surface area contributed by atoms with Crippen molar-refractivity contribution in [2.75, 3.05) is 20.3 Å². The minimum Gasteiger partial charge on any atom is -0.491 e. The fourth-order valence-electron chi connectivity index (χ4n) is 1.64. The molecule has 0 spiro atoms. The lowest BCUT2D eigenvalue weighted by molar-refractivity contribution is 0.146. The van der Waals surface area contributed by atoms with Crippen LogP contribution in [0.5, 0.6) is 5.75 Å². The number of ether oxygens (including phenoxy) is 2. The average Bonchev–Trinajstić information content (AvgIpc) is 2.94. The van der Waals surface area contributed by atoms with Crippen molar-refractivity contribution >= 4 is 37.3 Å². The van der Waals surface area contributed by atoms with Crippen LogP contribution < -0.4 is 9.46 Å². The maximum Gasteiger partial charge on any atom is 0.250 e. The van der Waals surface area contributed by atoms with E-state index < -0.39 is 10.0 Å². The minimum atomic E-state index is -3.47. The molecule has 22 heavy (non-hydrogen) atoms. The number of halogens is 1. The monoisotopic (exact) mass is 405 g/mol. The molecule has 0 bridgehead atoms. The van der Waals surface area contributed by atoms with Gasteiger partial charge in [0.1, 0.15) is 16.6 Å². The van der Waals surface area contributed by atoms with Crippen LogP contribution in [0.25, 0.3) is 0 Å². The summed E-state index contributed by atoms with van der Waals surface area (Å²) in [6, 6.07) is 10.6. The van der Waals surface area contributed by atoms with E-state index in [-0.39, 0.29) is 6.54 Å². The number of hydrogen-bond donors (Lipinski definition) is 1. The molecule has 120 valence electrons.